The van der Waals surface area contributed by atoms with E-state index in [0.29, 0.717) is 0 Å². The second-order valence-electron chi connectivity index (χ2n) is 1.37. The van der Waals surface area contributed by atoms with E-state index < -0.39 is 0 Å². The molecule has 0 aromatic rings. The van der Waals surface area contributed by atoms with Crippen LogP contribution in [0.25, 0.3) is 0 Å². The lowest BCUT2D eigenvalue weighted by molar-refractivity contribution is 2.00. The molecule has 2 heteroatoms. The molecule has 0 saturated carbocycles. The standard InChI is InChI=1S/C4H8ClSi/c1-6(2)4-3-5/h3-4H,1-2H3/b4-3+. The third-order valence-electron chi connectivity index (χ3n) is 0.396. The average molecular weight is 120 g/mol. The van der Waals surface area contributed by atoms with Crippen molar-refractivity contribution in [3.63, 3.8) is 0 Å². The van der Waals surface area contributed by atoms with Crippen molar-refractivity contribution in [3.05, 3.63) is 11.2 Å². The molecule has 0 fully saturated rings. The molecule has 0 aromatic heterocycles. The Morgan fingerprint density at radius 2 is 2.00 bits per heavy atom. The van der Waals surface area contributed by atoms with E-state index in [1.54, 1.807) is 5.54 Å². The molecule has 0 heterocycles. The second-order valence-corrected chi connectivity index (χ2v) is 4.11. The molecule has 0 nitrogen and oxygen atoms in total. The Morgan fingerprint density at radius 3 is 2.00 bits per heavy atom. The summed E-state index contributed by atoms with van der Waals surface area (Å²) in [5.74, 6) is 0. The van der Waals surface area contributed by atoms with E-state index in [9.17, 15) is 0 Å². The zero-order valence-electron chi connectivity index (χ0n) is 4.03. The first-order chi connectivity index (χ1) is 2.77. The van der Waals surface area contributed by atoms with Gasteiger partial charge in [0.15, 0.2) is 0 Å². The van der Waals surface area contributed by atoms with Gasteiger partial charge in [-0.3, -0.25) is 0 Å². The summed E-state index contributed by atoms with van der Waals surface area (Å²) in [4.78, 5) is 0. The maximum atomic E-state index is 5.24. The quantitative estimate of drug-likeness (QED) is 0.464. The summed E-state index contributed by atoms with van der Waals surface area (Å²) >= 11 is 5.24. The van der Waals surface area contributed by atoms with Crippen molar-refractivity contribution in [2.45, 2.75) is 13.1 Å². The fourth-order valence-corrected chi connectivity index (χ4v) is 1.13. The first-order valence-electron chi connectivity index (χ1n) is 1.84. The van der Waals surface area contributed by atoms with Crippen LogP contribution in [0.2, 0.25) is 13.1 Å². The van der Waals surface area contributed by atoms with Crippen LogP contribution in [0.15, 0.2) is 11.2 Å². The topological polar surface area (TPSA) is 0 Å². The molecule has 0 rings (SSSR count). The summed E-state index contributed by atoms with van der Waals surface area (Å²) in [6.45, 7) is 4.37. The number of rotatable bonds is 1. The monoisotopic (exact) mass is 119 g/mol. The molecular formula is C4H8ClSi. The van der Waals surface area contributed by atoms with Crippen molar-refractivity contribution in [3.8, 4) is 0 Å². The van der Waals surface area contributed by atoms with E-state index in [1.165, 1.54) is 0 Å². The molecule has 0 aromatic carbocycles. The van der Waals surface area contributed by atoms with Gasteiger partial charge in [-0.1, -0.05) is 30.4 Å². The Kier molecular flexibility index (Phi) is 3.58. The molecule has 0 unspecified atom stereocenters. The minimum absolute atomic E-state index is 0.198. The summed E-state index contributed by atoms with van der Waals surface area (Å²) in [6.07, 6.45) is 0. The van der Waals surface area contributed by atoms with Crippen LogP contribution in [-0.4, -0.2) is 8.80 Å². The summed E-state index contributed by atoms with van der Waals surface area (Å²) in [6, 6.07) is 0. The predicted molar refractivity (Wildman–Crippen MR) is 32.5 cm³/mol. The highest BCUT2D eigenvalue weighted by Crippen LogP contribution is 1.83. The molecule has 0 aliphatic carbocycles. The molecule has 0 saturated heterocycles. The van der Waals surface area contributed by atoms with Gasteiger partial charge in [0.2, 0.25) is 0 Å². The largest absolute Gasteiger partial charge is 0.0937 e. The molecule has 0 spiro atoms. The lowest BCUT2D eigenvalue weighted by Crippen LogP contribution is -1.90. The van der Waals surface area contributed by atoms with Gasteiger partial charge >= 0.3 is 0 Å². The molecule has 0 atom stereocenters. The van der Waals surface area contributed by atoms with Crippen molar-refractivity contribution >= 4 is 20.4 Å². The molecule has 0 aliphatic heterocycles. The Morgan fingerprint density at radius 1 is 1.50 bits per heavy atom. The molecule has 0 N–H and O–H groups in total. The van der Waals surface area contributed by atoms with Crippen molar-refractivity contribution in [2.24, 2.45) is 0 Å². The molecule has 6 heavy (non-hydrogen) atoms. The van der Waals surface area contributed by atoms with Gasteiger partial charge in [0, 0.05) is 0 Å². The fraction of sp³-hybridized carbons (Fsp3) is 0.500. The van der Waals surface area contributed by atoms with E-state index in [0.717, 1.165) is 0 Å². The first kappa shape index (κ1) is 6.25. The van der Waals surface area contributed by atoms with Crippen molar-refractivity contribution < 1.29 is 0 Å². The Balaban J connectivity index is 3.03. The van der Waals surface area contributed by atoms with Crippen LogP contribution in [0.5, 0.6) is 0 Å². The van der Waals surface area contributed by atoms with E-state index in [1.807, 2.05) is 5.70 Å². The van der Waals surface area contributed by atoms with Gasteiger partial charge in [-0.15, -0.1) is 0 Å². The normalized spacial score (nSPS) is 11.3. The fourth-order valence-electron chi connectivity index (χ4n) is 0.126. The maximum absolute atomic E-state index is 5.24. The number of halogens is 1. The molecular weight excluding hydrogens is 112 g/mol. The minimum Gasteiger partial charge on any atom is -0.0937 e. The van der Waals surface area contributed by atoms with Crippen LogP contribution < -0.4 is 0 Å². The first-order valence-corrected chi connectivity index (χ1v) is 4.85. The van der Waals surface area contributed by atoms with Gasteiger partial charge in [0.05, 0.1) is 8.80 Å². The zero-order chi connectivity index (χ0) is 4.99. The van der Waals surface area contributed by atoms with E-state index >= 15 is 0 Å². The van der Waals surface area contributed by atoms with Gasteiger partial charge < -0.3 is 0 Å². The van der Waals surface area contributed by atoms with Gasteiger partial charge in [-0.05, 0) is 5.54 Å². The van der Waals surface area contributed by atoms with Crippen LogP contribution in [0.1, 0.15) is 0 Å². The Labute approximate surface area is 45.4 Å². The van der Waals surface area contributed by atoms with Crippen molar-refractivity contribution in [1.29, 1.82) is 0 Å². The molecule has 1 radical (unpaired) electrons. The zero-order valence-corrected chi connectivity index (χ0v) is 5.79. The maximum Gasteiger partial charge on any atom is 0.0704 e. The lowest BCUT2D eigenvalue weighted by Gasteiger charge is -1.82. The number of hydrogen-bond acceptors (Lipinski definition) is 0. The lowest BCUT2D eigenvalue weighted by atomic mass is 11.2. The predicted octanol–water partition coefficient (Wildman–Crippen LogP) is 2.03. The summed E-state index contributed by atoms with van der Waals surface area (Å²) in [5.41, 5.74) is 3.63. The van der Waals surface area contributed by atoms with Crippen LogP contribution in [0.4, 0.5) is 0 Å². The van der Waals surface area contributed by atoms with Crippen molar-refractivity contribution in [1.82, 2.24) is 0 Å². The molecule has 35 valence electrons. The third-order valence-corrected chi connectivity index (χ3v) is 1.57. The van der Waals surface area contributed by atoms with Crippen LogP contribution in [-0.2, 0) is 0 Å². The van der Waals surface area contributed by atoms with E-state index in [-0.39, 0.29) is 8.80 Å². The van der Waals surface area contributed by atoms with Gasteiger partial charge in [-0.2, -0.15) is 0 Å². The molecule has 0 bridgehead atoms. The summed E-state index contributed by atoms with van der Waals surface area (Å²) in [5, 5.41) is 0. The van der Waals surface area contributed by atoms with Crippen LogP contribution in [0.3, 0.4) is 0 Å². The Bertz CT molecular complexity index is 49.5. The SMILES string of the molecule is C[Si](C)/C=C/Cl. The Hall–Kier alpha value is 0.247. The van der Waals surface area contributed by atoms with E-state index in [2.05, 4.69) is 13.1 Å². The highest BCUT2D eigenvalue weighted by molar-refractivity contribution is 6.62. The third kappa shape index (κ3) is 4.25. The highest BCUT2D eigenvalue weighted by atomic mass is 35.5. The highest BCUT2D eigenvalue weighted by Gasteiger charge is 1.81. The van der Waals surface area contributed by atoms with Gasteiger partial charge in [0.1, 0.15) is 0 Å². The van der Waals surface area contributed by atoms with Crippen LogP contribution >= 0.6 is 11.6 Å². The number of hydrogen-bond donors (Lipinski definition) is 0. The summed E-state index contributed by atoms with van der Waals surface area (Å²) < 4.78 is 0. The minimum atomic E-state index is -0.198. The van der Waals surface area contributed by atoms with Crippen LogP contribution in [0, 0.1) is 0 Å². The molecule has 0 aliphatic rings. The summed E-state index contributed by atoms with van der Waals surface area (Å²) in [7, 11) is -0.198. The molecule has 0 amide bonds. The second kappa shape index (κ2) is 3.44. The average Bonchev–Trinajstić information content (AvgIpc) is 1.35. The van der Waals surface area contributed by atoms with E-state index in [4.69, 9.17) is 11.6 Å². The smallest absolute Gasteiger partial charge is 0.0704 e. The van der Waals surface area contributed by atoms with Crippen molar-refractivity contribution in [2.75, 3.05) is 0 Å². The van der Waals surface area contributed by atoms with Gasteiger partial charge in [-0.25, -0.2) is 0 Å². The van der Waals surface area contributed by atoms with Gasteiger partial charge in [0.25, 0.3) is 0 Å².